The van der Waals surface area contributed by atoms with E-state index in [4.69, 9.17) is 5.73 Å². The van der Waals surface area contributed by atoms with Crippen molar-refractivity contribution in [2.24, 2.45) is 10.2 Å². The lowest BCUT2D eigenvalue weighted by atomic mass is 10.2. The van der Waals surface area contributed by atoms with Crippen molar-refractivity contribution in [2.45, 2.75) is 0 Å². The summed E-state index contributed by atoms with van der Waals surface area (Å²) in [6, 6.07) is 10.7. The molecule has 0 heterocycles. The lowest BCUT2D eigenvalue weighted by Gasteiger charge is -1.99. The number of rotatable bonds is 2. The molecule has 0 aromatic heterocycles. The Bertz CT molecular complexity index is 530. The molecular formula is C12H9F2N3. The molecule has 0 bridgehead atoms. The molecule has 0 atom stereocenters. The van der Waals surface area contributed by atoms with E-state index in [0.29, 0.717) is 5.69 Å². The fourth-order valence-corrected chi connectivity index (χ4v) is 1.28. The van der Waals surface area contributed by atoms with Crippen LogP contribution >= 0.6 is 0 Å². The average molecular weight is 233 g/mol. The van der Waals surface area contributed by atoms with E-state index in [2.05, 4.69) is 10.2 Å². The van der Waals surface area contributed by atoms with Crippen molar-refractivity contribution < 1.29 is 8.78 Å². The Hall–Kier alpha value is -2.30. The Morgan fingerprint density at radius 3 is 2.06 bits per heavy atom. The molecule has 86 valence electrons. The molecule has 0 saturated heterocycles. The zero-order chi connectivity index (χ0) is 12.3. The molecule has 0 saturated carbocycles. The van der Waals surface area contributed by atoms with Crippen LogP contribution < -0.4 is 5.73 Å². The highest BCUT2D eigenvalue weighted by Gasteiger charge is 2.09. The molecule has 0 fully saturated rings. The van der Waals surface area contributed by atoms with E-state index in [0.717, 1.165) is 12.1 Å². The van der Waals surface area contributed by atoms with Gasteiger partial charge in [0.2, 0.25) is 0 Å². The summed E-state index contributed by atoms with van der Waals surface area (Å²) in [5.74, 6) is -1.66. The number of azo groups is 1. The molecule has 0 aliphatic rings. The predicted octanol–water partition coefficient (Wildman–Crippen LogP) is 3.96. The highest BCUT2D eigenvalue weighted by Crippen LogP contribution is 2.26. The smallest absolute Gasteiger partial charge is 0.157 e. The summed E-state index contributed by atoms with van der Waals surface area (Å²) in [5, 5.41) is 7.27. The van der Waals surface area contributed by atoms with Crippen molar-refractivity contribution in [3.8, 4) is 0 Å². The van der Waals surface area contributed by atoms with Crippen molar-refractivity contribution in [3.05, 3.63) is 54.1 Å². The van der Waals surface area contributed by atoms with Gasteiger partial charge in [0.1, 0.15) is 0 Å². The second-order valence-electron chi connectivity index (χ2n) is 3.37. The van der Waals surface area contributed by atoms with Crippen molar-refractivity contribution in [1.29, 1.82) is 0 Å². The molecule has 0 aliphatic carbocycles. The van der Waals surface area contributed by atoms with E-state index in [9.17, 15) is 8.78 Å². The number of nitrogen functional groups attached to an aromatic ring is 1. The Labute approximate surface area is 96.6 Å². The molecule has 2 aromatic rings. The summed E-state index contributed by atoms with van der Waals surface area (Å²) < 4.78 is 26.7. The predicted molar refractivity (Wildman–Crippen MR) is 61.4 cm³/mol. The van der Waals surface area contributed by atoms with E-state index >= 15 is 0 Å². The van der Waals surface area contributed by atoms with Gasteiger partial charge in [-0.25, -0.2) is 8.78 Å². The minimum atomic E-state index is -0.831. The van der Waals surface area contributed by atoms with Crippen LogP contribution in [0.1, 0.15) is 0 Å². The van der Waals surface area contributed by atoms with Gasteiger partial charge in [0.25, 0.3) is 0 Å². The van der Waals surface area contributed by atoms with Gasteiger partial charge in [-0.15, -0.1) is 5.11 Å². The van der Waals surface area contributed by atoms with Gasteiger partial charge < -0.3 is 5.73 Å². The van der Waals surface area contributed by atoms with Crippen LogP contribution in [0.4, 0.5) is 25.8 Å². The maximum atomic E-state index is 13.3. The summed E-state index contributed by atoms with van der Waals surface area (Å²) >= 11 is 0. The first-order valence-corrected chi connectivity index (χ1v) is 4.88. The second kappa shape index (κ2) is 4.69. The molecule has 2 rings (SSSR count). The monoisotopic (exact) mass is 233 g/mol. The van der Waals surface area contributed by atoms with E-state index in [1.165, 1.54) is 0 Å². The fraction of sp³-hybridized carbons (Fsp3) is 0. The molecule has 0 unspecified atom stereocenters. The summed E-state index contributed by atoms with van der Waals surface area (Å²) in [6.45, 7) is 0. The Morgan fingerprint density at radius 1 is 0.882 bits per heavy atom. The van der Waals surface area contributed by atoms with Crippen LogP contribution in [0.25, 0.3) is 0 Å². The molecule has 5 heteroatoms. The standard InChI is InChI=1S/C12H9F2N3/c13-10-6-8(15)7-11(14)12(10)17-16-9-4-2-1-3-5-9/h1-7H,15H2. The van der Waals surface area contributed by atoms with Crippen LogP contribution in [0.5, 0.6) is 0 Å². The van der Waals surface area contributed by atoms with Crippen LogP contribution in [0.3, 0.4) is 0 Å². The third-order valence-corrected chi connectivity index (χ3v) is 2.06. The quantitative estimate of drug-likeness (QED) is 0.619. The molecule has 2 N–H and O–H groups in total. The minimum absolute atomic E-state index is 0.0126. The number of hydrogen-bond donors (Lipinski definition) is 1. The zero-order valence-corrected chi connectivity index (χ0v) is 8.77. The first kappa shape index (κ1) is 11.2. The Kier molecular flexibility index (Phi) is 3.09. The van der Waals surface area contributed by atoms with Gasteiger partial charge in [0.05, 0.1) is 5.69 Å². The molecule has 0 amide bonds. The largest absolute Gasteiger partial charge is 0.399 e. The van der Waals surface area contributed by atoms with Gasteiger partial charge in [0, 0.05) is 5.69 Å². The highest BCUT2D eigenvalue weighted by atomic mass is 19.1. The van der Waals surface area contributed by atoms with Crippen LogP contribution in [-0.2, 0) is 0 Å². The molecular weight excluding hydrogens is 224 g/mol. The number of hydrogen-bond acceptors (Lipinski definition) is 3. The molecule has 0 radical (unpaired) electrons. The van der Waals surface area contributed by atoms with Crippen LogP contribution in [0, 0.1) is 11.6 Å². The second-order valence-corrected chi connectivity index (χ2v) is 3.37. The van der Waals surface area contributed by atoms with Gasteiger partial charge in [-0.3, -0.25) is 0 Å². The van der Waals surface area contributed by atoms with E-state index in [1.54, 1.807) is 24.3 Å². The molecule has 2 aromatic carbocycles. The average Bonchev–Trinajstić information content (AvgIpc) is 2.29. The summed E-state index contributed by atoms with van der Waals surface area (Å²) in [6.07, 6.45) is 0. The number of nitrogens with zero attached hydrogens (tertiary/aromatic N) is 2. The molecule has 0 spiro atoms. The lowest BCUT2D eigenvalue weighted by Crippen LogP contribution is -1.89. The highest BCUT2D eigenvalue weighted by molar-refractivity contribution is 5.50. The summed E-state index contributed by atoms with van der Waals surface area (Å²) in [4.78, 5) is 0. The van der Waals surface area contributed by atoms with Crippen molar-refractivity contribution in [1.82, 2.24) is 0 Å². The Morgan fingerprint density at radius 2 is 1.47 bits per heavy atom. The lowest BCUT2D eigenvalue weighted by molar-refractivity contribution is 0.586. The maximum absolute atomic E-state index is 13.3. The van der Waals surface area contributed by atoms with Gasteiger partial charge in [-0.1, -0.05) is 18.2 Å². The van der Waals surface area contributed by atoms with Crippen LogP contribution in [-0.4, -0.2) is 0 Å². The van der Waals surface area contributed by atoms with Crippen molar-refractivity contribution in [2.75, 3.05) is 5.73 Å². The van der Waals surface area contributed by atoms with E-state index in [-0.39, 0.29) is 5.69 Å². The molecule has 3 nitrogen and oxygen atoms in total. The third-order valence-electron chi connectivity index (χ3n) is 2.06. The fourth-order valence-electron chi connectivity index (χ4n) is 1.28. The number of anilines is 1. The van der Waals surface area contributed by atoms with Crippen LogP contribution in [0.15, 0.2) is 52.7 Å². The van der Waals surface area contributed by atoms with Gasteiger partial charge >= 0.3 is 0 Å². The first-order chi connectivity index (χ1) is 8.16. The van der Waals surface area contributed by atoms with Crippen molar-refractivity contribution in [3.63, 3.8) is 0 Å². The number of halogens is 2. The SMILES string of the molecule is Nc1cc(F)c(N=Nc2ccccc2)c(F)c1. The normalized spacial score (nSPS) is 10.9. The maximum Gasteiger partial charge on any atom is 0.157 e. The van der Waals surface area contributed by atoms with E-state index in [1.807, 2.05) is 6.07 Å². The zero-order valence-electron chi connectivity index (χ0n) is 8.77. The number of benzene rings is 2. The minimum Gasteiger partial charge on any atom is -0.399 e. The first-order valence-electron chi connectivity index (χ1n) is 4.88. The molecule has 17 heavy (non-hydrogen) atoms. The third kappa shape index (κ3) is 2.63. The summed E-state index contributed by atoms with van der Waals surface area (Å²) in [5.41, 5.74) is 5.37. The van der Waals surface area contributed by atoms with Crippen molar-refractivity contribution >= 4 is 17.1 Å². The summed E-state index contributed by atoms with van der Waals surface area (Å²) in [7, 11) is 0. The topological polar surface area (TPSA) is 50.7 Å². The number of nitrogens with two attached hydrogens (primary N) is 1. The van der Waals surface area contributed by atoms with Gasteiger partial charge in [-0.2, -0.15) is 5.11 Å². The van der Waals surface area contributed by atoms with Crippen LogP contribution in [0.2, 0.25) is 0 Å². The van der Waals surface area contributed by atoms with E-state index < -0.39 is 17.3 Å². The van der Waals surface area contributed by atoms with Gasteiger partial charge in [0.15, 0.2) is 17.3 Å². The Balaban J connectivity index is 2.34. The molecule has 0 aliphatic heterocycles. The van der Waals surface area contributed by atoms with Gasteiger partial charge in [-0.05, 0) is 24.3 Å².